The minimum absolute atomic E-state index is 0.216. The van der Waals surface area contributed by atoms with E-state index in [1.54, 1.807) is 0 Å². The maximum atomic E-state index is 11.9. The molecule has 0 atom stereocenters. The van der Waals surface area contributed by atoms with Gasteiger partial charge in [-0.2, -0.15) is 0 Å². The second-order valence-electron chi connectivity index (χ2n) is 5.02. The third-order valence-electron chi connectivity index (χ3n) is 3.22. The Bertz CT molecular complexity index is 373. The van der Waals surface area contributed by atoms with E-state index in [2.05, 4.69) is 36.5 Å². The molecule has 1 N–H and O–H groups in total. The summed E-state index contributed by atoms with van der Waals surface area (Å²) in [4.78, 5) is 13.7. The fourth-order valence-corrected chi connectivity index (χ4v) is 2.07. The molecule has 0 aliphatic carbocycles. The van der Waals surface area contributed by atoms with Gasteiger partial charge in [-0.15, -0.1) is 0 Å². The smallest absolute Gasteiger partial charge is 0.222 e. The molecule has 19 heavy (non-hydrogen) atoms. The lowest BCUT2D eigenvalue weighted by Gasteiger charge is -2.17. The molecular weight excluding hydrogens is 236 g/mol. The average Bonchev–Trinajstić information content (AvgIpc) is 2.41. The summed E-state index contributed by atoms with van der Waals surface area (Å²) in [6.07, 6.45) is 3.81. The van der Waals surface area contributed by atoms with Crippen LogP contribution < -0.4 is 5.32 Å². The Morgan fingerprint density at radius 1 is 1.21 bits per heavy atom. The molecule has 0 heterocycles. The van der Waals surface area contributed by atoms with E-state index in [1.165, 1.54) is 17.5 Å². The second-order valence-corrected chi connectivity index (χ2v) is 5.02. The van der Waals surface area contributed by atoms with Crippen LogP contribution in [0.15, 0.2) is 24.3 Å². The normalized spacial score (nSPS) is 10.5. The van der Waals surface area contributed by atoms with Crippen LogP contribution in [0.25, 0.3) is 0 Å². The highest BCUT2D eigenvalue weighted by atomic mass is 16.2. The number of nitrogens with zero attached hydrogens (tertiary/aromatic N) is 1. The Kier molecular flexibility index (Phi) is 7.19. The summed E-state index contributed by atoms with van der Waals surface area (Å²) in [7, 11) is 3.79. The van der Waals surface area contributed by atoms with E-state index in [0.29, 0.717) is 13.0 Å². The molecule has 0 aliphatic heterocycles. The molecule has 0 saturated carbocycles. The van der Waals surface area contributed by atoms with E-state index < -0.39 is 0 Å². The molecule has 0 bridgehead atoms. The topological polar surface area (TPSA) is 32.3 Å². The Labute approximate surface area is 117 Å². The zero-order valence-electron chi connectivity index (χ0n) is 12.4. The summed E-state index contributed by atoms with van der Waals surface area (Å²) in [6, 6.07) is 8.58. The van der Waals surface area contributed by atoms with Gasteiger partial charge in [0.1, 0.15) is 0 Å². The van der Waals surface area contributed by atoms with Crippen molar-refractivity contribution in [3.63, 3.8) is 0 Å². The highest BCUT2D eigenvalue weighted by molar-refractivity contribution is 5.75. The molecule has 106 valence electrons. The van der Waals surface area contributed by atoms with Gasteiger partial charge >= 0.3 is 0 Å². The summed E-state index contributed by atoms with van der Waals surface area (Å²) in [6.45, 7) is 3.78. The number of amides is 1. The number of hydrogen-bond acceptors (Lipinski definition) is 2. The van der Waals surface area contributed by atoms with E-state index in [9.17, 15) is 4.79 Å². The Morgan fingerprint density at radius 3 is 2.42 bits per heavy atom. The first-order chi connectivity index (χ1) is 9.17. The van der Waals surface area contributed by atoms with Gasteiger partial charge in [0, 0.05) is 20.0 Å². The number of hydrogen-bond donors (Lipinski definition) is 1. The molecule has 0 aliphatic rings. The van der Waals surface area contributed by atoms with Crippen molar-refractivity contribution in [1.29, 1.82) is 0 Å². The van der Waals surface area contributed by atoms with Crippen molar-refractivity contribution in [3.05, 3.63) is 35.4 Å². The Balaban J connectivity index is 2.42. The van der Waals surface area contributed by atoms with E-state index in [1.807, 2.05) is 19.0 Å². The first kappa shape index (κ1) is 15.7. The monoisotopic (exact) mass is 262 g/mol. The molecule has 0 radical (unpaired) electrons. The van der Waals surface area contributed by atoms with Crippen LogP contribution in [0, 0.1) is 0 Å². The summed E-state index contributed by atoms with van der Waals surface area (Å²) >= 11 is 0. The van der Waals surface area contributed by atoms with Gasteiger partial charge in [0.05, 0.1) is 0 Å². The second kappa shape index (κ2) is 8.70. The zero-order chi connectivity index (χ0) is 14.1. The van der Waals surface area contributed by atoms with E-state index in [4.69, 9.17) is 0 Å². The number of nitrogens with one attached hydrogen (secondary N) is 1. The Hall–Kier alpha value is -1.35. The molecule has 3 heteroatoms. The predicted molar refractivity (Wildman–Crippen MR) is 80.1 cm³/mol. The maximum Gasteiger partial charge on any atom is 0.222 e. The molecule has 1 aromatic carbocycles. The zero-order valence-corrected chi connectivity index (χ0v) is 12.4. The third-order valence-corrected chi connectivity index (χ3v) is 3.22. The fourth-order valence-electron chi connectivity index (χ4n) is 2.07. The minimum Gasteiger partial charge on any atom is -0.341 e. The quantitative estimate of drug-likeness (QED) is 0.730. The van der Waals surface area contributed by atoms with Crippen LogP contribution in [-0.4, -0.2) is 31.4 Å². The van der Waals surface area contributed by atoms with Crippen molar-refractivity contribution in [2.45, 2.75) is 39.2 Å². The lowest BCUT2D eigenvalue weighted by atomic mass is 10.1. The summed E-state index contributed by atoms with van der Waals surface area (Å²) in [5.41, 5.74) is 2.57. The van der Waals surface area contributed by atoms with Crippen LogP contribution in [0.1, 0.15) is 37.3 Å². The van der Waals surface area contributed by atoms with E-state index in [0.717, 1.165) is 19.4 Å². The van der Waals surface area contributed by atoms with Gasteiger partial charge in [0.2, 0.25) is 5.91 Å². The van der Waals surface area contributed by atoms with Crippen molar-refractivity contribution in [2.24, 2.45) is 0 Å². The predicted octanol–water partition coefficient (Wildman–Crippen LogP) is 2.60. The van der Waals surface area contributed by atoms with Crippen molar-refractivity contribution >= 4 is 5.91 Å². The molecule has 0 aromatic heterocycles. The van der Waals surface area contributed by atoms with Crippen molar-refractivity contribution in [2.75, 3.05) is 20.6 Å². The highest BCUT2D eigenvalue weighted by Gasteiger charge is 2.08. The van der Waals surface area contributed by atoms with Crippen LogP contribution >= 0.6 is 0 Å². The summed E-state index contributed by atoms with van der Waals surface area (Å²) in [5.74, 6) is 0.216. The minimum atomic E-state index is 0.216. The molecule has 1 rings (SSSR count). The first-order valence-electron chi connectivity index (χ1n) is 7.13. The number of carbonyl (C=O) groups excluding carboxylic acids is 1. The van der Waals surface area contributed by atoms with Crippen LogP contribution in [0.3, 0.4) is 0 Å². The molecule has 0 saturated heterocycles. The van der Waals surface area contributed by atoms with Gasteiger partial charge in [-0.05, 0) is 37.6 Å². The standard InChI is InChI=1S/C16H26N2O/c1-4-6-14-8-10-15(11-9-14)13-18(3)16(19)7-5-12-17-2/h8-11,17H,4-7,12-13H2,1-3H3. The number of rotatable bonds is 8. The van der Waals surface area contributed by atoms with Crippen LogP contribution in [0.5, 0.6) is 0 Å². The van der Waals surface area contributed by atoms with Gasteiger partial charge in [-0.1, -0.05) is 37.6 Å². The lowest BCUT2D eigenvalue weighted by Crippen LogP contribution is -2.26. The van der Waals surface area contributed by atoms with Gasteiger partial charge in [-0.3, -0.25) is 4.79 Å². The largest absolute Gasteiger partial charge is 0.341 e. The molecule has 0 spiro atoms. The van der Waals surface area contributed by atoms with Gasteiger partial charge < -0.3 is 10.2 Å². The van der Waals surface area contributed by atoms with Gasteiger partial charge in [-0.25, -0.2) is 0 Å². The van der Waals surface area contributed by atoms with Crippen LogP contribution in [-0.2, 0) is 17.8 Å². The fraction of sp³-hybridized carbons (Fsp3) is 0.562. The highest BCUT2D eigenvalue weighted by Crippen LogP contribution is 2.09. The molecular formula is C16H26N2O. The average molecular weight is 262 g/mol. The first-order valence-corrected chi connectivity index (χ1v) is 7.13. The van der Waals surface area contributed by atoms with Crippen molar-refractivity contribution < 1.29 is 4.79 Å². The summed E-state index contributed by atoms with van der Waals surface area (Å²) < 4.78 is 0. The molecule has 1 amide bonds. The lowest BCUT2D eigenvalue weighted by molar-refractivity contribution is -0.130. The number of carbonyl (C=O) groups is 1. The van der Waals surface area contributed by atoms with E-state index in [-0.39, 0.29) is 5.91 Å². The number of benzene rings is 1. The molecule has 0 unspecified atom stereocenters. The Morgan fingerprint density at radius 2 is 1.84 bits per heavy atom. The molecule has 0 fully saturated rings. The van der Waals surface area contributed by atoms with Crippen molar-refractivity contribution in [1.82, 2.24) is 10.2 Å². The maximum absolute atomic E-state index is 11.9. The van der Waals surface area contributed by atoms with Crippen LogP contribution in [0.2, 0.25) is 0 Å². The van der Waals surface area contributed by atoms with Crippen molar-refractivity contribution in [3.8, 4) is 0 Å². The van der Waals surface area contributed by atoms with Gasteiger partial charge in [0.25, 0.3) is 0 Å². The third kappa shape index (κ3) is 5.88. The molecule has 1 aromatic rings. The molecule has 3 nitrogen and oxygen atoms in total. The van der Waals surface area contributed by atoms with Gasteiger partial charge in [0.15, 0.2) is 0 Å². The number of aryl methyl sites for hydroxylation is 1. The van der Waals surface area contributed by atoms with Crippen LogP contribution in [0.4, 0.5) is 0 Å². The summed E-state index contributed by atoms with van der Waals surface area (Å²) in [5, 5.41) is 3.06. The van der Waals surface area contributed by atoms with E-state index >= 15 is 0 Å². The SMILES string of the molecule is CCCc1ccc(CN(C)C(=O)CCCNC)cc1.